The molecule has 0 aliphatic carbocycles. The molecule has 0 spiro atoms. The first-order chi connectivity index (χ1) is 13.9. The number of alkyl halides is 3. The molecule has 158 valence electrons. The number of nitrogens with two attached hydrogens (primary N) is 1. The highest BCUT2D eigenvalue weighted by Gasteiger charge is 2.36. The topological polar surface area (TPSA) is 83.0 Å². The average molecular weight is 483 g/mol. The first-order valence-corrected chi connectivity index (χ1v) is 9.56. The third-order valence-corrected chi connectivity index (χ3v) is 5.09. The molecule has 2 N–H and O–H groups in total. The summed E-state index contributed by atoms with van der Waals surface area (Å²) >= 11 is 3.33. The Morgan fingerprint density at radius 1 is 1.13 bits per heavy atom. The Morgan fingerprint density at radius 3 is 2.40 bits per heavy atom. The van der Waals surface area contributed by atoms with Crippen molar-refractivity contribution in [3.8, 4) is 17.1 Å². The van der Waals surface area contributed by atoms with Crippen molar-refractivity contribution in [2.75, 3.05) is 0 Å². The number of rotatable bonds is 5. The van der Waals surface area contributed by atoms with Gasteiger partial charge in [0.05, 0.1) is 10.0 Å². The highest BCUT2D eigenvalue weighted by atomic mass is 79.9. The monoisotopic (exact) mass is 482 g/mol. The summed E-state index contributed by atoms with van der Waals surface area (Å²) in [7, 11) is 1.58. The Balaban J connectivity index is 1.99. The van der Waals surface area contributed by atoms with E-state index in [2.05, 4.69) is 26.1 Å². The smallest absolute Gasteiger partial charge is 0.417 e. The maximum Gasteiger partial charge on any atom is 0.417 e. The molecule has 0 aliphatic rings. The van der Waals surface area contributed by atoms with Crippen LogP contribution in [-0.4, -0.2) is 20.7 Å². The number of carbonyl (C=O) groups is 1. The van der Waals surface area contributed by atoms with E-state index in [4.69, 9.17) is 10.5 Å². The van der Waals surface area contributed by atoms with Gasteiger partial charge in [-0.2, -0.15) is 13.2 Å². The van der Waals surface area contributed by atoms with Crippen LogP contribution < -0.4 is 10.5 Å². The number of ether oxygens (including phenoxy) is 1. The number of benzene rings is 2. The van der Waals surface area contributed by atoms with Gasteiger partial charge in [0, 0.05) is 18.2 Å². The van der Waals surface area contributed by atoms with Crippen molar-refractivity contribution in [2.45, 2.75) is 25.6 Å². The number of nitrogens with zero attached hydrogens (tertiary/aromatic N) is 3. The minimum absolute atomic E-state index is 0.0674. The van der Waals surface area contributed by atoms with Crippen LogP contribution >= 0.6 is 15.9 Å². The molecule has 1 amide bonds. The predicted octanol–water partition coefficient (Wildman–Crippen LogP) is 4.68. The van der Waals surface area contributed by atoms with E-state index in [0.29, 0.717) is 21.6 Å². The molecular formula is C20H18BrF3N4O2. The maximum atomic E-state index is 13.4. The molecule has 3 aromatic rings. The number of halogens is 4. The maximum absolute atomic E-state index is 13.4. The van der Waals surface area contributed by atoms with Crippen LogP contribution in [0.1, 0.15) is 35.6 Å². The van der Waals surface area contributed by atoms with Crippen LogP contribution in [0, 0.1) is 0 Å². The summed E-state index contributed by atoms with van der Waals surface area (Å²) in [5, 5.41) is 8.08. The lowest BCUT2D eigenvalue weighted by Gasteiger charge is -2.26. The fourth-order valence-electron chi connectivity index (χ4n) is 3.07. The number of aromatic nitrogens is 3. The minimum Gasteiger partial charge on any atom is -0.479 e. The minimum atomic E-state index is -4.53. The van der Waals surface area contributed by atoms with Crippen molar-refractivity contribution in [3.05, 3.63) is 63.9 Å². The number of amides is 1. The average Bonchev–Trinajstić information content (AvgIpc) is 3.04. The summed E-state index contributed by atoms with van der Waals surface area (Å²) in [6.07, 6.45) is -4.53. The highest BCUT2D eigenvalue weighted by molar-refractivity contribution is 9.10. The van der Waals surface area contributed by atoms with Gasteiger partial charge in [0.15, 0.2) is 17.2 Å². The molecule has 0 aliphatic heterocycles. The van der Waals surface area contributed by atoms with E-state index in [1.165, 1.54) is 34.9 Å². The molecule has 3 rings (SSSR count). The lowest BCUT2D eigenvalue weighted by molar-refractivity contribution is -0.137. The zero-order chi connectivity index (χ0) is 22.3. The second kappa shape index (κ2) is 7.75. The molecule has 0 radical (unpaired) electrons. The Morgan fingerprint density at radius 2 is 1.80 bits per heavy atom. The lowest BCUT2D eigenvalue weighted by atomic mass is 10.1. The largest absolute Gasteiger partial charge is 0.479 e. The van der Waals surface area contributed by atoms with E-state index in [1.807, 2.05) is 0 Å². The fourth-order valence-corrected chi connectivity index (χ4v) is 3.53. The SMILES string of the molecule is Cn1c(-c2ccccc2C(F)(F)F)nnc1C(C)(C)Oc1ccc(C(N)=O)cc1Br. The van der Waals surface area contributed by atoms with Crippen molar-refractivity contribution in [3.63, 3.8) is 0 Å². The molecular weight excluding hydrogens is 465 g/mol. The summed E-state index contributed by atoms with van der Waals surface area (Å²) in [5.41, 5.74) is 3.65. The molecule has 0 bridgehead atoms. The first-order valence-electron chi connectivity index (χ1n) is 8.76. The fraction of sp³-hybridized carbons (Fsp3) is 0.250. The van der Waals surface area contributed by atoms with Gasteiger partial charge < -0.3 is 15.0 Å². The van der Waals surface area contributed by atoms with Crippen LogP contribution in [0.15, 0.2) is 46.9 Å². The molecule has 1 aromatic heterocycles. The number of hydrogen-bond acceptors (Lipinski definition) is 4. The number of primary amides is 1. The Hall–Kier alpha value is -2.88. The van der Waals surface area contributed by atoms with Gasteiger partial charge >= 0.3 is 6.18 Å². The van der Waals surface area contributed by atoms with Gasteiger partial charge in [-0.15, -0.1) is 10.2 Å². The van der Waals surface area contributed by atoms with E-state index >= 15 is 0 Å². The van der Waals surface area contributed by atoms with Crippen LogP contribution in [0.4, 0.5) is 13.2 Å². The second-order valence-electron chi connectivity index (χ2n) is 7.07. The molecule has 0 saturated carbocycles. The molecule has 6 nitrogen and oxygen atoms in total. The van der Waals surface area contributed by atoms with Crippen LogP contribution in [0.2, 0.25) is 0 Å². The van der Waals surface area contributed by atoms with Crippen molar-refractivity contribution in [1.82, 2.24) is 14.8 Å². The molecule has 10 heteroatoms. The van der Waals surface area contributed by atoms with E-state index in [1.54, 1.807) is 27.0 Å². The van der Waals surface area contributed by atoms with Gasteiger partial charge in [-0.3, -0.25) is 4.79 Å². The quantitative estimate of drug-likeness (QED) is 0.572. The lowest BCUT2D eigenvalue weighted by Crippen LogP contribution is -2.29. The summed E-state index contributed by atoms with van der Waals surface area (Å²) in [4.78, 5) is 11.3. The highest BCUT2D eigenvalue weighted by Crippen LogP contribution is 2.38. The van der Waals surface area contributed by atoms with Gasteiger partial charge in [0.25, 0.3) is 0 Å². The van der Waals surface area contributed by atoms with Crippen molar-refractivity contribution in [2.24, 2.45) is 12.8 Å². The molecule has 1 heterocycles. The molecule has 0 unspecified atom stereocenters. The summed E-state index contributed by atoms with van der Waals surface area (Å²) in [6.45, 7) is 3.43. The van der Waals surface area contributed by atoms with Crippen molar-refractivity contribution in [1.29, 1.82) is 0 Å². The van der Waals surface area contributed by atoms with Gasteiger partial charge in [-0.1, -0.05) is 18.2 Å². The van der Waals surface area contributed by atoms with Crippen molar-refractivity contribution >= 4 is 21.8 Å². The van der Waals surface area contributed by atoms with E-state index in [-0.39, 0.29) is 11.4 Å². The zero-order valence-electron chi connectivity index (χ0n) is 16.3. The summed E-state index contributed by atoms with van der Waals surface area (Å²) in [6, 6.07) is 9.80. The third kappa shape index (κ3) is 4.18. The van der Waals surface area contributed by atoms with Gasteiger partial charge in [0.2, 0.25) is 5.91 Å². The number of hydrogen-bond donors (Lipinski definition) is 1. The van der Waals surface area contributed by atoms with E-state index in [0.717, 1.165) is 6.07 Å². The van der Waals surface area contributed by atoms with Crippen molar-refractivity contribution < 1.29 is 22.7 Å². The number of carbonyl (C=O) groups excluding carboxylic acids is 1. The molecule has 2 aromatic carbocycles. The Kier molecular flexibility index (Phi) is 5.64. The Bertz CT molecular complexity index is 1110. The second-order valence-corrected chi connectivity index (χ2v) is 7.93. The first kappa shape index (κ1) is 21.8. The third-order valence-electron chi connectivity index (χ3n) is 4.47. The van der Waals surface area contributed by atoms with Crippen LogP contribution in [0.3, 0.4) is 0 Å². The summed E-state index contributed by atoms with van der Waals surface area (Å²) in [5.74, 6) is 0.214. The van der Waals surface area contributed by atoms with E-state index in [9.17, 15) is 18.0 Å². The normalized spacial score (nSPS) is 12.1. The zero-order valence-corrected chi connectivity index (χ0v) is 17.9. The molecule has 0 saturated heterocycles. The van der Waals surface area contributed by atoms with Crippen LogP contribution in [-0.2, 0) is 18.8 Å². The van der Waals surface area contributed by atoms with Gasteiger partial charge in [0.1, 0.15) is 5.75 Å². The molecule has 0 atom stereocenters. The van der Waals surface area contributed by atoms with Crippen LogP contribution in [0.5, 0.6) is 5.75 Å². The van der Waals surface area contributed by atoms with Gasteiger partial charge in [-0.25, -0.2) is 0 Å². The Labute approximate surface area is 179 Å². The standard InChI is InChI=1S/C20H18BrF3N4O2/c1-19(2,30-15-9-8-11(16(25)29)10-14(15)21)18-27-26-17(28(18)3)12-6-4-5-7-13(12)20(22,23)24/h4-10H,1-3H3,(H2,25,29). The molecule has 0 fully saturated rings. The predicted molar refractivity (Wildman–Crippen MR) is 108 cm³/mol. The van der Waals surface area contributed by atoms with E-state index < -0.39 is 23.2 Å². The van der Waals surface area contributed by atoms with Crippen LogP contribution in [0.25, 0.3) is 11.4 Å². The van der Waals surface area contributed by atoms with Gasteiger partial charge in [-0.05, 0) is 54.0 Å². The summed E-state index contributed by atoms with van der Waals surface area (Å²) < 4.78 is 48.2. The molecule has 30 heavy (non-hydrogen) atoms.